The maximum absolute atomic E-state index is 13.5. The molecule has 1 aliphatic heterocycles. The van der Waals surface area contributed by atoms with Crippen LogP contribution in [0.4, 0.5) is 4.39 Å². The summed E-state index contributed by atoms with van der Waals surface area (Å²) in [7, 11) is 0. The standard InChI is InChI=1S/C19H30FN5O2.HI/c1-4-21-19(22-12-15-5-6-17(26)16(20)11-15)25-9-7-24(8-10-25)13-18(27)23-14(2)3;/h5-6,11,14,26H,4,7-10,12-13H2,1-3H3,(H,21,22)(H,23,27);1H. The van der Waals surface area contributed by atoms with Crippen LogP contribution >= 0.6 is 24.0 Å². The summed E-state index contributed by atoms with van der Waals surface area (Å²) in [6.45, 7) is 10.5. The van der Waals surface area contributed by atoms with Crippen molar-refractivity contribution in [3.8, 4) is 5.75 Å². The number of hydrogen-bond acceptors (Lipinski definition) is 4. The minimum Gasteiger partial charge on any atom is -0.505 e. The molecule has 28 heavy (non-hydrogen) atoms. The number of phenolic OH excluding ortho intramolecular Hbond substituents is 1. The highest BCUT2D eigenvalue weighted by Gasteiger charge is 2.21. The fourth-order valence-electron chi connectivity index (χ4n) is 2.93. The summed E-state index contributed by atoms with van der Waals surface area (Å²) in [6.07, 6.45) is 0. The summed E-state index contributed by atoms with van der Waals surface area (Å²) in [5.74, 6) is -0.168. The van der Waals surface area contributed by atoms with Gasteiger partial charge in [0.05, 0.1) is 13.1 Å². The molecule has 1 saturated heterocycles. The number of amides is 1. The van der Waals surface area contributed by atoms with Crippen molar-refractivity contribution in [3.05, 3.63) is 29.6 Å². The third-order valence-electron chi connectivity index (χ3n) is 4.25. The number of hydrogen-bond donors (Lipinski definition) is 3. The first kappa shape index (κ1) is 24.4. The molecule has 0 unspecified atom stereocenters. The van der Waals surface area contributed by atoms with Crippen LogP contribution in [0.2, 0.25) is 0 Å². The summed E-state index contributed by atoms with van der Waals surface area (Å²) in [5.41, 5.74) is 0.699. The number of nitrogens with one attached hydrogen (secondary N) is 2. The number of aliphatic imine (C=N–C) groups is 1. The van der Waals surface area contributed by atoms with Gasteiger partial charge in [0.2, 0.25) is 5.91 Å². The van der Waals surface area contributed by atoms with Crippen molar-refractivity contribution >= 4 is 35.8 Å². The molecule has 0 atom stereocenters. The van der Waals surface area contributed by atoms with Gasteiger partial charge in [-0.25, -0.2) is 9.38 Å². The van der Waals surface area contributed by atoms with E-state index in [4.69, 9.17) is 0 Å². The molecule has 3 N–H and O–H groups in total. The predicted molar refractivity (Wildman–Crippen MR) is 120 cm³/mol. The average molecular weight is 507 g/mol. The molecule has 0 aromatic heterocycles. The van der Waals surface area contributed by atoms with Crippen LogP contribution in [0.3, 0.4) is 0 Å². The first-order chi connectivity index (χ1) is 12.9. The molecular weight excluding hydrogens is 476 g/mol. The van der Waals surface area contributed by atoms with E-state index in [9.17, 15) is 14.3 Å². The second-order valence-corrected chi connectivity index (χ2v) is 6.94. The SMILES string of the molecule is CCNC(=NCc1ccc(O)c(F)c1)N1CCN(CC(=O)NC(C)C)CC1.I. The molecule has 1 fully saturated rings. The molecule has 1 aromatic carbocycles. The summed E-state index contributed by atoms with van der Waals surface area (Å²) in [6, 6.07) is 4.45. The molecule has 7 nitrogen and oxygen atoms in total. The molecule has 0 aliphatic carbocycles. The van der Waals surface area contributed by atoms with Crippen molar-refractivity contribution in [2.75, 3.05) is 39.3 Å². The number of rotatable bonds is 6. The Balaban J connectivity index is 0.00000392. The van der Waals surface area contributed by atoms with Gasteiger partial charge in [-0.05, 0) is 38.5 Å². The molecule has 1 aromatic rings. The van der Waals surface area contributed by atoms with Crippen molar-refractivity contribution in [2.45, 2.75) is 33.4 Å². The summed E-state index contributed by atoms with van der Waals surface area (Å²) in [5, 5.41) is 15.5. The van der Waals surface area contributed by atoms with E-state index in [1.54, 1.807) is 6.07 Å². The molecule has 1 aliphatic rings. The van der Waals surface area contributed by atoms with Gasteiger partial charge in [0.1, 0.15) is 0 Å². The fraction of sp³-hybridized carbons (Fsp3) is 0.579. The molecule has 1 amide bonds. The predicted octanol–water partition coefficient (Wildman–Crippen LogP) is 1.76. The van der Waals surface area contributed by atoms with Gasteiger partial charge < -0.3 is 20.6 Å². The van der Waals surface area contributed by atoms with Gasteiger partial charge in [0.25, 0.3) is 0 Å². The molecule has 158 valence electrons. The van der Waals surface area contributed by atoms with Crippen LogP contribution in [0.1, 0.15) is 26.3 Å². The zero-order chi connectivity index (χ0) is 19.8. The number of guanidine groups is 1. The Kier molecular flexibility index (Phi) is 10.5. The monoisotopic (exact) mass is 507 g/mol. The Morgan fingerprint density at radius 1 is 1.29 bits per heavy atom. The fourth-order valence-corrected chi connectivity index (χ4v) is 2.93. The van der Waals surface area contributed by atoms with E-state index in [-0.39, 0.29) is 41.7 Å². The number of halogens is 2. The van der Waals surface area contributed by atoms with Crippen LogP contribution in [-0.2, 0) is 11.3 Å². The van der Waals surface area contributed by atoms with E-state index in [2.05, 4.69) is 25.4 Å². The minimum absolute atomic E-state index is 0. The molecule has 2 rings (SSSR count). The second-order valence-electron chi connectivity index (χ2n) is 6.94. The van der Waals surface area contributed by atoms with Crippen molar-refractivity contribution in [1.82, 2.24) is 20.4 Å². The zero-order valence-electron chi connectivity index (χ0n) is 16.7. The molecular formula is C19H31FIN5O2. The zero-order valence-corrected chi connectivity index (χ0v) is 19.1. The first-order valence-electron chi connectivity index (χ1n) is 9.41. The summed E-state index contributed by atoms with van der Waals surface area (Å²) >= 11 is 0. The van der Waals surface area contributed by atoms with Crippen LogP contribution in [0.5, 0.6) is 5.75 Å². The van der Waals surface area contributed by atoms with Crippen molar-refractivity contribution in [2.24, 2.45) is 4.99 Å². The van der Waals surface area contributed by atoms with Gasteiger partial charge in [-0.3, -0.25) is 9.69 Å². The number of carbonyl (C=O) groups is 1. The average Bonchev–Trinajstić information content (AvgIpc) is 2.61. The smallest absolute Gasteiger partial charge is 0.234 e. The largest absolute Gasteiger partial charge is 0.505 e. The molecule has 0 bridgehead atoms. The molecule has 0 saturated carbocycles. The lowest BCUT2D eigenvalue weighted by Crippen LogP contribution is -2.54. The summed E-state index contributed by atoms with van der Waals surface area (Å²) in [4.78, 5) is 20.8. The topological polar surface area (TPSA) is 80.2 Å². The summed E-state index contributed by atoms with van der Waals surface area (Å²) < 4.78 is 13.5. The number of phenols is 1. The Morgan fingerprint density at radius 3 is 2.54 bits per heavy atom. The quantitative estimate of drug-likeness (QED) is 0.311. The van der Waals surface area contributed by atoms with E-state index in [1.807, 2.05) is 20.8 Å². The lowest BCUT2D eigenvalue weighted by molar-refractivity contribution is -0.123. The maximum Gasteiger partial charge on any atom is 0.234 e. The number of aromatic hydroxyl groups is 1. The Hall–Kier alpha value is -1.62. The van der Waals surface area contributed by atoms with E-state index >= 15 is 0 Å². The van der Waals surface area contributed by atoms with E-state index < -0.39 is 5.82 Å². The Labute approximate surface area is 183 Å². The van der Waals surface area contributed by atoms with Crippen LogP contribution < -0.4 is 10.6 Å². The minimum atomic E-state index is -0.638. The lowest BCUT2D eigenvalue weighted by atomic mass is 10.2. The Bertz CT molecular complexity index is 664. The van der Waals surface area contributed by atoms with Gasteiger partial charge in [0.15, 0.2) is 17.5 Å². The highest BCUT2D eigenvalue weighted by Crippen LogP contribution is 2.16. The van der Waals surface area contributed by atoms with Crippen LogP contribution in [0, 0.1) is 5.82 Å². The first-order valence-corrected chi connectivity index (χ1v) is 9.41. The normalized spacial score (nSPS) is 15.3. The maximum atomic E-state index is 13.5. The molecule has 1 heterocycles. The van der Waals surface area contributed by atoms with E-state index in [0.29, 0.717) is 18.7 Å². The van der Waals surface area contributed by atoms with Crippen LogP contribution in [0.25, 0.3) is 0 Å². The third-order valence-corrected chi connectivity index (χ3v) is 4.25. The van der Waals surface area contributed by atoms with Crippen LogP contribution in [-0.4, -0.2) is 72.1 Å². The van der Waals surface area contributed by atoms with E-state index in [1.165, 1.54) is 12.1 Å². The third kappa shape index (κ3) is 7.78. The number of carbonyl (C=O) groups excluding carboxylic acids is 1. The van der Waals surface area contributed by atoms with Gasteiger partial charge in [0, 0.05) is 38.8 Å². The molecule has 0 spiro atoms. The van der Waals surface area contributed by atoms with Crippen LogP contribution in [0.15, 0.2) is 23.2 Å². The highest BCUT2D eigenvalue weighted by atomic mass is 127. The van der Waals surface area contributed by atoms with Gasteiger partial charge in [-0.15, -0.1) is 24.0 Å². The molecule has 9 heteroatoms. The van der Waals surface area contributed by atoms with Gasteiger partial charge in [-0.1, -0.05) is 6.07 Å². The number of benzene rings is 1. The lowest BCUT2D eigenvalue weighted by Gasteiger charge is -2.36. The highest BCUT2D eigenvalue weighted by molar-refractivity contribution is 14.0. The van der Waals surface area contributed by atoms with Gasteiger partial charge >= 0.3 is 0 Å². The Morgan fingerprint density at radius 2 is 1.96 bits per heavy atom. The van der Waals surface area contributed by atoms with Crippen molar-refractivity contribution in [1.29, 1.82) is 0 Å². The van der Waals surface area contributed by atoms with E-state index in [0.717, 1.165) is 38.7 Å². The number of nitrogens with zero attached hydrogens (tertiary/aromatic N) is 3. The van der Waals surface area contributed by atoms with Crippen molar-refractivity contribution in [3.63, 3.8) is 0 Å². The van der Waals surface area contributed by atoms with Crippen molar-refractivity contribution < 1.29 is 14.3 Å². The van der Waals surface area contributed by atoms with Gasteiger partial charge in [-0.2, -0.15) is 0 Å². The second kappa shape index (κ2) is 12.1. The molecule has 0 radical (unpaired) electrons. The number of piperazine rings is 1.